The first-order chi connectivity index (χ1) is 12.7. The van der Waals surface area contributed by atoms with Crippen molar-refractivity contribution in [1.82, 2.24) is 9.97 Å². The SMILES string of the molecule is CCN(CC)c1nc(C=Cc2ccccc2Cl)nc2c(OC)cccc12.Cl. The Morgan fingerprint density at radius 2 is 1.74 bits per heavy atom. The molecule has 0 saturated carbocycles. The number of benzene rings is 2. The van der Waals surface area contributed by atoms with Crippen LogP contribution in [-0.4, -0.2) is 30.2 Å². The van der Waals surface area contributed by atoms with Crippen LogP contribution in [0.15, 0.2) is 42.5 Å². The summed E-state index contributed by atoms with van der Waals surface area (Å²) >= 11 is 6.24. The first kappa shape index (κ1) is 21.0. The van der Waals surface area contributed by atoms with E-state index in [1.165, 1.54) is 0 Å². The molecular formula is C21H23Cl2N3O. The highest BCUT2D eigenvalue weighted by atomic mass is 35.5. The Kier molecular flexibility index (Phi) is 7.45. The molecule has 1 aromatic heterocycles. The third kappa shape index (κ3) is 4.52. The summed E-state index contributed by atoms with van der Waals surface area (Å²) in [4.78, 5) is 11.7. The Labute approximate surface area is 171 Å². The average molecular weight is 404 g/mol. The quantitative estimate of drug-likeness (QED) is 0.526. The number of hydrogen-bond donors (Lipinski definition) is 0. The average Bonchev–Trinajstić information content (AvgIpc) is 2.67. The van der Waals surface area contributed by atoms with Gasteiger partial charge >= 0.3 is 0 Å². The van der Waals surface area contributed by atoms with E-state index < -0.39 is 0 Å². The van der Waals surface area contributed by atoms with E-state index in [4.69, 9.17) is 26.3 Å². The van der Waals surface area contributed by atoms with Crippen LogP contribution in [0.25, 0.3) is 23.1 Å². The second-order valence-electron chi connectivity index (χ2n) is 5.79. The number of nitrogens with zero attached hydrogens (tertiary/aromatic N) is 3. The van der Waals surface area contributed by atoms with Gasteiger partial charge in [-0.05, 0) is 49.8 Å². The van der Waals surface area contributed by atoms with Crippen LogP contribution in [0.5, 0.6) is 5.75 Å². The molecule has 2 aromatic carbocycles. The number of aromatic nitrogens is 2. The monoisotopic (exact) mass is 403 g/mol. The zero-order valence-electron chi connectivity index (χ0n) is 15.6. The zero-order valence-corrected chi connectivity index (χ0v) is 17.2. The topological polar surface area (TPSA) is 38.2 Å². The van der Waals surface area contributed by atoms with Crippen molar-refractivity contribution in [3.63, 3.8) is 0 Å². The summed E-state index contributed by atoms with van der Waals surface area (Å²) in [6.07, 6.45) is 3.82. The van der Waals surface area contributed by atoms with Gasteiger partial charge in [0.25, 0.3) is 0 Å². The summed E-state index contributed by atoms with van der Waals surface area (Å²) < 4.78 is 5.51. The van der Waals surface area contributed by atoms with Crippen molar-refractivity contribution in [3.05, 3.63) is 58.9 Å². The van der Waals surface area contributed by atoms with Crippen molar-refractivity contribution in [3.8, 4) is 5.75 Å². The normalized spacial score (nSPS) is 10.8. The zero-order chi connectivity index (χ0) is 18.5. The predicted molar refractivity (Wildman–Crippen MR) is 117 cm³/mol. The van der Waals surface area contributed by atoms with E-state index >= 15 is 0 Å². The van der Waals surface area contributed by atoms with Gasteiger partial charge in [0.2, 0.25) is 0 Å². The number of anilines is 1. The highest BCUT2D eigenvalue weighted by molar-refractivity contribution is 6.32. The molecule has 0 saturated heterocycles. The van der Waals surface area contributed by atoms with Gasteiger partial charge in [0.05, 0.1) is 7.11 Å². The number of fused-ring (bicyclic) bond motifs is 1. The van der Waals surface area contributed by atoms with Gasteiger partial charge in [-0.3, -0.25) is 0 Å². The summed E-state index contributed by atoms with van der Waals surface area (Å²) in [6.45, 7) is 5.98. The van der Waals surface area contributed by atoms with Crippen LogP contribution in [0.4, 0.5) is 5.82 Å². The van der Waals surface area contributed by atoms with Gasteiger partial charge in [-0.1, -0.05) is 35.9 Å². The fourth-order valence-electron chi connectivity index (χ4n) is 2.90. The number of hydrogen-bond acceptors (Lipinski definition) is 4. The van der Waals surface area contributed by atoms with E-state index in [2.05, 4.69) is 18.7 Å². The van der Waals surface area contributed by atoms with Gasteiger partial charge in [-0.25, -0.2) is 9.97 Å². The molecular weight excluding hydrogens is 381 g/mol. The van der Waals surface area contributed by atoms with Crippen molar-refractivity contribution in [2.45, 2.75) is 13.8 Å². The van der Waals surface area contributed by atoms with Crippen molar-refractivity contribution in [1.29, 1.82) is 0 Å². The van der Waals surface area contributed by atoms with Gasteiger partial charge in [0, 0.05) is 23.5 Å². The molecule has 0 aliphatic heterocycles. The molecule has 0 atom stereocenters. The Morgan fingerprint density at radius 1 is 1.00 bits per heavy atom. The largest absolute Gasteiger partial charge is 0.494 e. The molecule has 0 fully saturated rings. The molecule has 0 aliphatic carbocycles. The summed E-state index contributed by atoms with van der Waals surface area (Å²) in [7, 11) is 1.66. The van der Waals surface area contributed by atoms with Gasteiger partial charge < -0.3 is 9.64 Å². The Bertz CT molecular complexity index is 940. The molecule has 4 nitrogen and oxygen atoms in total. The minimum Gasteiger partial charge on any atom is -0.494 e. The van der Waals surface area contributed by atoms with Crippen molar-refractivity contribution >= 4 is 52.9 Å². The molecule has 3 rings (SSSR count). The first-order valence-electron chi connectivity index (χ1n) is 8.70. The summed E-state index contributed by atoms with van der Waals surface area (Å²) in [5.41, 5.74) is 1.74. The van der Waals surface area contributed by atoms with Crippen LogP contribution in [0.1, 0.15) is 25.2 Å². The Morgan fingerprint density at radius 3 is 2.41 bits per heavy atom. The van der Waals surface area contributed by atoms with Crippen molar-refractivity contribution in [2.75, 3.05) is 25.1 Å². The summed E-state index contributed by atoms with van der Waals surface area (Å²) in [5, 5.41) is 1.69. The third-order valence-electron chi connectivity index (χ3n) is 4.29. The third-order valence-corrected chi connectivity index (χ3v) is 4.63. The van der Waals surface area contributed by atoms with Gasteiger partial charge in [-0.15, -0.1) is 12.4 Å². The first-order valence-corrected chi connectivity index (χ1v) is 9.08. The fraction of sp³-hybridized carbons (Fsp3) is 0.238. The molecule has 0 unspecified atom stereocenters. The lowest BCUT2D eigenvalue weighted by atomic mass is 10.2. The second kappa shape index (κ2) is 9.58. The van der Waals surface area contributed by atoms with Gasteiger partial charge in [-0.2, -0.15) is 0 Å². The lowest BCUT2D eigenvalue weighted by Gasteiger charge is -2.22. The molecule has 0 bridgehead atoms. The van der Waals surface area contributed by atoms with E-state index in [1.807, 2.05) is 54.6 Å². The smallest absolute Gasteiger partial charge is 0.155 e. The van der Waals surface area contributed by atoms with Crippen molar-refractivity contribution < 1.29 is 4.74 Å². The molecule has 0 N–H and O–H groups in total. The molecule has 0 spiro atoms. The Balaban J connectivity index is 0.00000261. The number of para-hydroxylation sites is 1. The van der Waals surface area contributed by atoms with Crippen molar-refractivity contribution in [2.24, 2.45) is 0 Å². The molecule has 142 valence electrons. The van der Waals surface area contributed by atoms with E-state index in [0.717, 1.165) is 41.1 Å². The van der Waals surface area contributed by atoms with E-state index in [0.29, 0.717) is 10.8 Å². The van der Waals surface area contributed by atoms with Gasteiger partial charge in [0.1, 0.15) is 17.1 Å². The lowest BCUT2D eigenvalue weighted by Crippen LogP contribution is -2.23. The maximum absolute atomic E-state index is 6.24. The minimum absolute atomic E-state index is 0. The molecule has 1 heterocycles. The minimum atomic E-state index is 0. The molecule has 0 aliphatic rings. The maximum Gasteiger partial charge on any atom is 0.155 e. The molecule has 27 heavy (non-hydrogen) atoms. The molecule has 0 amide bonds. The summed E-state index contributed by atoms with van der Waals surface area (Å²) in [6, 6.07) is 13.6. The highest BCUT2D eigenvalue weighted by Gasteiger charge is 2.14. The lowest BCUT2D eigenvalue weighted by molar-refractivity contribution is 0.419. The van der Waals surface area contributed by atoms with Gasteiger partial charge in [0.15, 0.2) is 5.82 Å². The molecule has 0 radical (unpaired) electrons. The number of rotatable bonds is 6. The van der Waals surface area contributed by atoms with E-state index in [-0.39, 0.29) is 12.4 Å². The Hall–Kier alpha value is -2.30. The van der Waals surface area contributed by atoms with Crippen LogP contribution in [-0.2, 0) is 0 Å². The van der Waals surface area contributed by atoms with Crippen LogP contribution in [0, 0.1) is 0 Å². The number of halogens is 2. The van der Waals surface area contributed by atoms with E-state index in [9.17, 15) is 0 Å². The standard InChI is InChI=1S/C21H22ClN3O.ClH/c1-4-25(5-2)21-16-10-8-12-18(26-3)20(16)23-19(24-21)14-13-15-9-6-7-11-17(15)22;/h6-14H,4-5H2,1-3H3;1H. The molecule has 6 heteroatoms. The van der Waals surface area contributed by atoms with Crippen LogP contribution in [0.2, 0.25) is 5.02 Å². The number of ether oxygens (including phenoxy) is 1. The predicted octanol–water partition coefficient (Wildman–Crippen LogP) is 5.73. The second-order valence-corrected chi connectivity index (χ2v) is 6.20. The molecule has 3 aromatic rings. The van der Waals surface area contributed by atoms with Crippen LogP contribution < -0.4 is 9.64 Å². The number of methoxy groups -OCH3 is 1. The fourth-order valence-corrected chi connectivity index (χ4v) is 3.10. The van der Waals surface area contributed by atoms with Crippen LogP contribution in [0.3, 0.4) is 0 Å². The van der Waals surface area contributed by atoms with E-state index in [1.54, 1.807) is 7.11 Å². The highest BCUT2D eigenvalue weighted by Crippen LogP contribution is 2.30. The summed E-state index contributed by atoms with van der Waals surface area (Å²) in [5.74, 6) is 2.28. The maximum atomic E-state index is 6.24. The van der Waals surface area contributed by atoms with Crippen LogP contribution >= 0.6 is 24.0 Å².